The van der Waals surface area contributed by atoms with Crippen LogP contribution in [0.2, 0.25) is 0 Å². The van der Waals surface area contributed by atoms with Gasteiger partial charge in [-0.1, -0.05) is 12.1 Å². The molecule has 0 amide bonds. The van der Waals surface area contributed by atoms with Crippen molar-refractivity contribution in [3.8, 4) is 0 Å². The summed E-state index contributed by atoms with van der Waals surface area (Å²) in [6, 6.07) is 6.33. The summed E-state index contributed by atoms with van der Waals surface area (Å²) in [5.74, 6) is -1.85. The van der Waals surface area contributed by atoms with Gasteiger partial charge in [-0.3, -0.25) is 15.1 Å². The molecule has 0 saturated carbocycles. The van der Waals surface area contributed by atoms with Crippen molar-refractivity contribution >= 4 is 11.6 Å². The molecule has 1 N–H and O–H groups in total. The van der Waals surface area contributed by atoms with E-state index in [1.54, 1.807) is 24.5 Å². The smallest absolute Gasteiger partial charge is 0.305 e. The average molecular weight is 343 g/mol. The Morgan fingerprint density at radius 2 is 1.80 bits per heavy atom. The Morgan fingerprint density at radius 3 is 2.40 bits per heavy atom. The molecule has 9 heteroatoms. The molecule has 0 fully saturated rings. The molecule has 0 aliphatic rings. The van der Waals surface area contributed by atoms with Crippen molar-refractivity contribution < 1.29 is 13.7 Å². The van der Waals surface area contributed by atoms with Gasteiger partial charge in [0.25, 0.3) is 0 Å². The van der Waals surface area contributed by atoms with Crippen molar-refractivity contribution in [2.24, 2.45) is 0 Å². The third-order valence-electron chi connectivity index (χ3n) is 3.42. The van der Waals surface area contributed by atoms with Gasteiger partial charge in [0.1, 0.15) is 12.4 Å². The van der Waals surface area contributed by atoms with Crippen molar-refractivity contribution in [1.29, 1.82) is 0 Å². The van der Waals surface area contributed by atoms with Gasteiger partial charge in [-0.25, -0.2) is 18.7 Å². The summed E-state index contributed by atoms with van der Waals surface area (Å²) in [5, 5.41) is 13.6. The van der Waals surface area contributed by atoms with Gasteiger partial charge in [0.05, 0.1) is 11.0 Å². The van der Waals surface area contributed by atoms with Gasteiger partial charge in [0, 0.05) is 12.4 Å². The largest absolute Gasteiger partial charge is 0.343 e. The zero-order valence-corrected chi connectivity index (χ0v) is 12.6. The van der Waals surface area contributed by atoms with E-state index in [0.29, 0.717) is 11.1 Å². The summed E-state index contributed by atoms with van der Waals surface area (Å²) in [7, 11) is 0. The number of nitro groups is 1. The van der Waals surface area contributed by atoms with Crippen LogP contribution in [-0.2, 0) is 0 Å². The molecule has 7 nitrogen and oxygen atoms in total. The highest BCUT2D eigenvalue weighted by Crippen LogP contribution is 2.26. The Hall–Kier alpha value is -3.49. The number of aromatic nitrogens is 3. The van der Waals surface area contributed by atoms with Crippen LogP contribution in [0.3, 0.4) is 0 Å². The molecular weight excluding hydrogens is 332 g/mol. The van der Waals surface area contributed by atoms with Crippen LogP contribution in [-0.4, -0.2) is 19.9 Å². The summed E-state index contributed by atoms with van der Waals surface area (Å²) in [6.45, 7) is 0. The molecule has 2 heterocycles. The Bertz CT molecular complexity index is 891. The molecule has 25 heavy (non-hydrogen) atoms. The third kappa shape index (κ3) is 3.71. The summed E-state index contributed by atoms with van der Waals surface area (Å²) in [5.41, 5.74) is 0.834. The van der Waals surface area contributed by atoms with Crippen LogP contribution in [0.15, 0.2) is 55.1 Å². The molecule has 1 atom stereocenters. The number of halogens is 2. The third-order valence-corrected chi connectivity index (χ3v) is 3.42. The van der Waals surface area contributed by atoms with Crippen LogP contribution in [0.25, 0.3) is 0 Å². The minimum atomic E-state index is -0.988. The number of benzene rings is 1. The van der Waals surface area contributed by atoms with Crippen LogP contribution in [0.1, 0.15) is 17.2 Å². The first kappa shape index (κ1) is 16.4. The van der Waals surface area contributed by atoms with Crippen molar-refractivity contribution in [3.05, 3.63) is 88.0 Å². The molecule has 0 spiro atoms. The van der Waals surface area contributed by atoms with E-state index in [-0.39, 0.29) is 11.6 Å². The van der Waals surface area contributed by atoms with Crippen LogP contribution >= 0.6 is 0 Å². The number of nitrogens with one attached hydrogen (secondary N) is 1. The summed E-state index contributed by atoms with van der Waals surface area (Å²) >= 11 is 0. The van der Waals surface area contributed by atoms with Gasteiger partial charge < -0.3 is 5.32 Å². The molecular formula is C16H11F2N5O2. The van der Waals surface area contributed by atoms with Gasteiger partial charge in [0.15, 0.2) is 11.6 Å². The second-order valence-electron chi connectivity index (χ2n) is 5.06. The van der Waals surface area contributed by atoms with E-state index in [9.17, 15) is 18.9 Å². The number of nitrogens with zero attached hydrogens (tertiary/aromatic N) is 4. The number of anilines is 1. The standard InChI is InChI=1S/C16H11F2N5O2/c17-13-4-3-10(6-14(13)18)15(11-2-1-5-19-7-11)22-16-20-8-12(9-21-16)23(24)25/h1-9,15H,(H,20,21,22)/t15-/m0/s1. The SMILES string of the molecule is O=[N+]([O-])c1cnc(N[C@H](c2cccnc2)c2ccc(F)c(F)c2)nc1. The van der Waals surface area contributed by atoms with E-state index in [0.717, 1.165) is 24.5 Å². The Labute approximate surface area is 140 Å². The zero-order valence-electron chi connectivity index (χ0n) is 12.6. The van der Waals surface area contributed by atoms with Crippen LogP contribution in [0, 0.1) is 21.7 Å². The van der Waals surface area contributed by atoms with Crippen molar-refractivity contribution in [2.45, 2.75) is 6.04 Å². The highest BCUT2D eigenvalue weighted by Gasteiger charge is 2.18. The molecule has 3 rings (SSSR count). The summed E-state index contributed by atoms with van der Waals surface area (Å²) in [6.07, 6.45) is 5.25. The first-order valence-electron chi connectivity index (χ1n) is 7.12. The summed E-state index contributed by atoms with van der Waals surface area (Å²) < 4.78 is 26.8. The molecule has 0 radical (unpaired) electrons. The second kappa shape index (κ2) is 6.95. The lowest BCUT2D eigenvalue weighted by atomic mass is 10.00. The van der Waals surface area contributed by atoms with Gasteiger partial charge in [0.2, 0.25) is 5.95 Å². The van der Waals surface area contributed by atoms with Crippen molar-refractivity contribution in [2.75, 3.05) is 5.32 Å². The highest BCUT2D eigenvalue weighted by atomic mass is 19.2. The van der Waals surface area contributed by atoms with Gasteiger partial charge in [-0.2, -0.15) is 0 Å². The fourth-order valence-corrected chi connectivity index (χ4v) is 2.22. The van der Waals surface area contributed by atoms with E-state index >= 15 is 0 Å². The number of hydrogen-bond donors (Lipinski definition) is 1. The lowest BCUT2D eigenvalue weighted by Gasteiger charge is -2.19. The maximum absolute atomic E-state index is 13.6. The van der Waals surface area contributed by atoms with E-state index in [2.05, 4.69) is 20.3 Å². The average Bonchev–Trinajstić information content (AvgIpc) is 2.63. The lowest BCUT2D eigenvalue weighted by molar-refractivity contribution is -0.385. The van der Waals surface area contributed by atoms with E-state index < -0.39 is 22.6 Å². The molecule has 3 aromatic rings. The maximum atomic E-state index is 13.6. The molecule has 1 aromatic carbocycles. The van der Waals surface area contributed by atoms with Gasteiger partial charge >= 0.3 is 5.69 Å². The molecule has 2 aromatic heterocycles. The van der Waals surface area contributed by atoms with E-state index in [1.165, 1.54) is 6.07 Å². The van der Waals surface area contributed by atoms with Crippen LogP contribution in [0.4, 0.5) is 20.4 Å². The lowest BCUT2D eigenvalue weighted by Crippen LogP contribution is -2.15. The van der Waals surface area contributed by atoms with E-state index in [4.69, 9.17) is 0 Å². The van der Waals surface area contributed by atoms with Crippen molar-refractivity contribution in [3.63, 3.8) is 0 Å². The minimum absolute atomic E-state index is 0.101. The summed E-state index contributed by atoms with van der Waals surface area (Å²) in [4.78, 5) is 21.8. The van der Waals surface area contributed by atoms with Crippen molar-refractivity contribution in [1.82, 2.24) is 15.0 Å². The number of rotatable bonds is 5. The zero-order chi connectivity index (χ0) is 17.8. The quantitative estimate of drug-likeness (QED) is 0.564. The molecule has 0 unspecified atom stereocenters. The molecule has 126 valence electrons. The Kier molecular flexibility index (Phi) is 4.55. The van der Waals surface area contributed by atoms with Crippen LogP contribution in [0.5, 0.6) is 0 Å². The first-order valence-corrected chi connectivity index (χ1v) is 7.12. The van der Waals surface area contributed by atoms with Crippen LogP contribution < -0.4 is 5.32 Å². The number of pyridine rings is 1. The molecule has 0 saturated heterocycles. The number of hydrogen-bond acceptors (Lipinski definition) is 6. The Balaban J connectivity index is 1.96. The molecule has 0 bridgehead atoms. The predicted molar refractivity (Wildman–Crippen MR) is 84.7 cm³/mol. The van der Waals surface area contributed by atoms with Gasteiger partial charge in [-0.05, 0) is 29.3 Å². The normalized spacial score (nSPS) is 11.8. The predicted octanol–water partition coefficient (Wildman–Crippen LogP) is 3.26. The Morgan fingerprint density at radius 1 is 1.04 bits per heavy atom. The topological polar surface area (TPSA) is 93.8 Å². The molecule has 0 aliphatic carbocycles. The molecule has 0 aliphatic heterocycles. The maximum Gasteiger partial charge on any atom is 0.305 e. The van der Waals surface area contributed by atoms with E-state index in [1.807, 2.05) is 0 Å². The highest BCUT2D eigenvalue weighted by molar-refractivity contribution is 5.41. The van der Waals surface area contributed by atoms with Gasteiger partial charge in [-0.15, -0.1) is 0 Å². The minimum Gasteiger partial charge on any atom is -0.343 e. The fraction of sp³-hybridized carbons (Fsp3) is 0.0625. The second-order valence-corrected chi connectivity index (χ2v) is 5.06. The first-order chi connectivity index (χ1) is 12.0. The fourth-order valence-electron chi connectivity index (χ4n) is 2.22. The monoisotopic (exact) mass is 343 g/mol.